The molecule has 134 valence electrons. The Morgan fingerprint density at radius 2 is 2.24 bits per heavy atom. The summed E-state index contributed by atoms with van der Waals surface area (Å²) in [5, 5.41) is 17.3. The molecule has 0 unspecified atom stereocenters. The van der Waals surface area contributed by atoms with E-state index in [1.807, 2.05) is 27.1 Å². The molecular weight excluding hydrogens is 323 g/mol. The fourth-order valence-corrected chi connectivity index (χ4v) is 3.46. The van der Waals surface area contributed by atoms with Gasteiger partial charge in [0.05, 0.1) is 23.9 Å². The molecule has 1 aromatic heterocycles. The number of carbonyl (C=O) groups is 1. The number of amides is 2. The zero-order chi connectivity index (χ0) is 18.1. The van der Waals surface area contributed by atoms with Gasteiger partial charge >= 0.3 is 6.03 Å². The first-order valence-electron chi connectivity index (χ1n) is 8.36. The molecule has 0 aliphatic carbocycles. The molecule has 1 fully saturated rings. The number of aryl methyl sites for hydroxylation is 2. The Balaban J connectivity index is 1.76. The number of β-amino-alcohol motifs (C(OH)–C–C–N with tert-alkyl or cyclic N) is 1. The molecule has 1 aliphatic heterocycles. The number of aromatic nitrogens is 2. The van der Waals surface area contributed by atoms with Crippen LogP contribution in [-0.4, -0.2) is 38.5 Å². The molecule has 0 bridgehead atoms. The van der Waals surface area contributed by atoms with Crippen molar-refractivity contribution in [2.24, 2.45) is 7.05 Å². The third kappa shape index (κ3) is 3.66. The fourth-order valence-electron chi connectivity index (χ4n) is 3.46. The summed E-state index contributed by atoms with van der Waals surface area (Å²) in [6.45, 7) is 4.02. The molecule has 1 aliphatic rings. The Morgan fingerprint density at radius 3 is 2.88 bits per heavy atom. The van der Waals surface area contributed by atoms with Gasteiger partial charge in [0.1, 0.15) is 5.82 Å². The number of benzene rings is 1. The fraction of sp³-hybridized carbons (Fsp3) is 0.444. The summed E-state index contributed by atoms with van der Waals surface area (Å²) in [6, 6.07) is 5.35. The zero-order valence-electron chi connectivity index (χ0n) is 14.6. The number of nitrogens with one attached hydrogen (secondary N) is 1. The minimum atomic E-state index is -0.616. The van der Waals surface area contributed by atoms with Crippen molar-refractivity contribution in [2.45, 2.75) is 38.5 Å². The van der Waals surface area contributed by atoms with Crippen LogP contribution in [0.4, 0.5) is 9.18 Å². The van der Waals surface area contributed by atoms with Gasteiger partial charge in [-0.3, -0.25) is 4.68 Å². The molecule has 0 radical (unpaired) electrons. The number of rotatable bonds is 3. The van der Waals surface area contributed by atoms with Crippen LogP contribution in [0.3, 0.4) is 0 Å². The smallest absolute Gasteiger partial charge is 0.318 e. The number of hydrogen-bond donors (Lipinski definition) is 2. The lowest BCUT2D eigenvalue weighted by molar-refractivity contribution is 0.168. The molecular formula is C18H23FN4O2. The van der Waals surface area contributed by atoms with Crippen molar-refractivity contribution in [3.05, 3.63) is 53.1 Å². The summed E-state index contributed by atoms with van der Waals surface area (Å²) in [4.78, 5) is 14.3. The van der Waals surface area contributed by atoms with E-state index in [1.54, 1.807) is 21.7 Å². The standard InChI is InChI=1S/C18H23FN4O2/c1-11(16-10-22(3)21-12(16)2)20-18(25)23-9-15(24)8-17(23)13-5-4-6-14(19)7-13/h4-7,10-11,15,17,24H,8-9H2,1-3H3,(H,20,25)/t11-,15-,17+/m0/s1. The maximum Gasteiger partial charge on any atom is 0.318 e. The quantitative estimate of drug-likeness (QED) is 0.897. The van der Waals surface area contributed by atoms with Gasteiger partial charge < -0.3 is 15.3 Å². The predicted octanol–water partition coefficient (Wildman–Crippen LogP) is 2.45. The lowest BCUT2D eigenvalue weighted by Crippen LogP contribution is -2.41. The number of aliphatic hydroxyl groups is 1. The number of halogens is 1. The van der Waals surface area contributed by atoms with Crippen LogP contribution in [0.15, 0.2) is 30.5 Å². The normalized spacial score (nSPS) is 21.4. The van der Waals surface area contributed by atoms with Crippen LogP contribution in [0, 0.1) is 12.7 Å². The number of urea groups is 1. The first-order chi connectivity index (χ1) is 11.8. The van der Waals surface area contributed by atoms with Gasteiger partial charge in [0.25, 0.3) is 0 Å². The molecule has 2 amide bonds. The molecule has 2 N–H and O–H groups in total. The summed E-state index contributed by atoms with van der Waals surface area (Å²) in [5.74, 6) is -0.349. The van der Waals surface area contributed by atoms with Crippen LogP contribution >= 0.6 is 0 Å². The number of carbonyl (C=O) groups excluding carboxylic acids is 1. The number of aliphatic hydroxyl groups excluding tert-OH is 1. The Kier molecular flexibility index (Phi) is 4.76. The molecule has 2 heterocycles. The molecule has 7 heteroatoms. The summed E-state index contributed by atoms with van der Waals surface area (Å²) in [6.07, 6.45) is 1.66. The van der Waals surface area contributed by atoms with Crippen LogP contribution in [0.1, 0.15) is 42.2 Å². The second-order valence-electron chi connectivity index (χ2n) is 6.63. The molecule has 0 saturated carbocycles. The molecule has 1 aromatic carbocycles. The van der Waals surface area contributed by atoms with Crippen molar-refractivity contribution in [3.8, 4) is 0 Å². The Labute approximate surface area is 146 Å². The van der Waals surface area contributed by atoms with E-state index in [9.17, 15) is 14.3 Å². The van der Waals surface area contributed by atoms with E-state index in [-0.39, 0.29) is 30.5 Å². The topological polar surface area (TPSA) is 70.4 Å². The maximum atomic E-state index is 13.5. The highest BCUT2D eigenvalue weighted by atomic mass is 19.1. The summed E-state index contributed by atoms with van der Waals surface area (Å²) >= 11 is 0. The number of hydrogen-bond acceptors (Lipinski definition) is 3. The van der Waals surface area contributed by atoms with Gasteiger partial charge in [-0.1, -0.05) is 12.1 Å². The average Bonchev–Trinajstić information content (AvgIpc) is 3.09. The van der Waals surface area contributed by atoms with E-state index in [1.165, 1.54) is 12.1 Å². The van der Waals surface area contributed by atoms with Crippen LogP contribution in [0.5, 0.6) is 0 Å². The van der Waals surface area contributed by atoms with E-state index in [0.29, 0.717) is 12.0 Å². The highest BCUT2D eigenvalue weighted by Crippen LogP contribution is 2.32. The Morgan fingerprint density at radius 1 is 1.48 bits per heavy atom. The van der Waals surface area contributed by atoms with Crippen molar-refractivity contribution in [2.75, 3.05) is 6.54 Å². The lowest BCUT2D eigenvalue weighted by Gasteiger charge is -2.27. The van der Waals surface area contributed by atoms with Crippen molar-refractivity contribution < 1.29 is 14.3 Å². The molecule has 0 spiro atoms. The van der Waals surface area contributed by atoms with Crippen molar-refractivity contribution >= 4 is 6.03 Å². The van der Waals surface area contributed by atoms with Crippen molar-refractivity contribution in [1.82, 2.24) is 20.0 Å². The van der Waals surface area contributed by atoms with Crippen molar-refractivity contribution in [3.63, 3.8) is 0 Å². The molecule has 1 saturated heterocycles. The SMILES string of the molecule is Cc1nn(C)cc1[C@H](C)NC(=O)N1C[C@@H](O)C[C@@H]1c1cccc(F)c1. The Bertz CT molecular complexity index is 776. The van der Waals surface area contributed by atoms with Gasteiger partial charge in [-0.15, -0.1) is 0 Å². The molecule has 2 aromatic rings. The van der Waals surface area contributed by atoms with Crippen LogP contribution in [-0.2, 0) is 7.05 Å². The highest BCUT2D eigenvalue weighted by Gasteiger charge is 2.36. The first-order valence-corrected chi connectivity index (χ1v) is 8.36. The summed E-state index contributed by atoms with van der Waals surface area (Å²) < 4.78 is 15.2. The lowest BCUT2D eigenvalue weighted by atomic mass is 10.0. The Hall–Kier alpha value is -2.41. The van der Waals surface area contributed by atoms with Crippen LogP contribution in [0.2, 0.25) is 0 Å². The molecule has 6 nitrogen and oxygen atoms in total. The minimum Gasteiger partial charge on any atom is -0.391 e. The van der Waals surface area contributed by atoms with Crippen LogP contribution < -0.4 is 5.32 Å². The first kappa shape index (κ1) is 17.4. The second kappa shape index (κ2) is 6.84. The van der Waals surface area contributed by atoms with Crippen molar-refractivity contribution in [1.29, 1.82) is 0 Å². The largest absolute Gasteiger partial charge is 0.391 e. The van der Waals surface area contributed by atoms with E-state index >= 15 is 0 Å². The van der Waals surface area contributed by atoms with Crippen LogP contribution in [0.25, 0.3) is 0 Å². The van der Waals surface area contributed by atoms with Gasteiger partial charge in [0, 0.05) is 25.4 Å². The predicted molar refractivity (Wildman–Crippen MR) is 91.4 cm³/mol. The number of nitrogens with zero attached hydrogens (tertiary/aromatic N) is 3. The third-order valence-corrected chi connectivity index (χ3v) is 4.63. The highest BCUT2D eigenvalue weighted by molar-refractivity contribution is 5.75. The van der Waals surface area contributed by atoms with E-state index in [0.717, 1.165) is 11.3 Å². The zero-order valence-corrected chi connectivity index (χ0v) is 14.6. The minimum absolute atomic E-state index is 0.216. The molecule has 25 heavy (non-hydrogen) atoms. The van der Waals surface area contributed by atoms with Gasteiger partial charge in [-0.05, 0) is 38.0 Å². The maximum absolute atomic E-state index is 13.5. The van der Waals surface area contributed by atoms with Gasteiger partial charge in [-0.25, -0.2) is 9.18 Å². The third-order valence-electron chi connectivity index (χ3n) is 4.63. The molecule has 3 rings (SSSR count). The van der Waals surface area contributed by atoms with Gasteiger partial charge in [-0.2, -0.15) is 5.10 Å². The van der Waals surface area contributed by atoms with E-state index < -0.39 is 6.10 Å². The van der Waals surface area contributed by atoms with Gasteiger partial charge in [0.2, 0.25) is 0 Å². The summed E-state index contributed by atoms with van der Waals surface area (Å²) in [5.41, 5.74) is 2.49. The molecule has 3 atom stereocenters. The number of likely N-dealkylation sites (tertiary alicyclic amines) is 1. The monoisotopic (exact) mass is 346 g/mol. The van der Waals surface area contributed by atoms with Gasteiger partial charge in [0.15, 0.2) is 0 Å². The second-order valence-corrected chi connectivity index (χ2v) is 6.63. The average molecular weight is 346 g/mol. The van der Waals surface area contributed by atoms with E-state index in [4.69, 9.17) is 0 Å². The van der Waals surface area contributed by atoms with E-state index in [2.05, 4.69) is 10.4 Å². The summed E-state index contributed by atoms with van der Waals surface area (Å²) in [7, 11) is 1.84.